The Bertz CT molecular complexity index is 538. The second-order valence-electron chi connectivity index (χ2n) is 7.27. The van der Waals surface area contributed by atoms with Crippen LogP contribution in [0.15, 0.2) is 15.6 Å². The van der Waals surface area contributed by atoms with E-state index in [9.17, 15) is 0 Å². The van der Waals surface area contributed by atoms with E-state index in [4.69, 9.17) is 4.52 Å². The summed E-state index contributed by atoms with van der Waals surface area (Å²) in [5, 5.41) is 11.0. The van der Waals surface area contributed by atoms with Crippen molar-refractivity contribution in [2.75, 3.05) is 26.7 Å². The Hall–Kier alpha value is -0.830. The molecule has 2 N–H and O–H groups in total. The van der Waals surface area contributed by atoms with Crippen molar-refractivity contribution in [1.29, 1.82) is 0 Å². The van der Waals surface area contributed by atoms with Gasteiger partial charge in [0.05, 0.1) is 5.69 Å². The lowest BCUT2D eigenvalue weighted by Crippen LogP contribution is -2.42. The first-order valence-corrected chi connectivity index (χ1v) is 10.4. The maximum atomic E-state index is 5.47. The average Bonchev–Trinajstić information content (AvgIpc) is 3.33. The van der Waals surface area contributed by atoms with Crippen molar-refractivity contribution in [2.45, 2.75) is 77.8 Å². The monoisotopic (exact) mass is 491 g/mol. The number of rotatable bonds is 10. The standard InChI is InChI=1S/C20H37N5O.HI/c1-5-16(6-2)19-14-18(26-24-19)15-23-20(21-7-3)22-12-13-25(4)17-10-8-9-11-17;/h14,16-17H,5-13,15H2,1-4H3,(H2,21,22,23);1H. The van der Waals surface area contributed by atoms with E-state index in [2.05, 4.69) is 59.6 Å². The molecule has 1 aliphatic carbocycles. The van der Waals surface area contributed by atoms with Gasteiger partial charge in [-0.2, -0.15) is 0 Å². The van der Waals surface area contributed by atoms with Gasteiger partial charge >= 0.3 is 0 Å². The van der Waals surface area contributed by atoms with Crippen LogP contribution in [-0.2, 0) is 6.54 Å². The molecule has 27 heavy (non-hydrogen) atoms. The summed E-state index contributed by atoms with van der Waals surface area (Å²) in [5.74, 6) is 2.15. The molecule has 1 aromatic heterocycles. The highest BCUT2D eigenvalue weighted by molar-refractivity contribution is 14.0. The van der Waals surface area contributed by atoms with Gasteiger partial charge in [-0.1, -0.05) is 31.8 Å². The molecule has 1 aliphatic rings. The van der Waals surface area contributed by atoms with Gasteiger partial charge in [0, 0.05) is 37.7 Å². The zero-order valence-electron chi connectivity index (χ0n) is 17.5. The van der Waals surface area contributed by atoms with E-state index in [1.54, 1.807) is 0 Å². The molecule has 1 heterocycles. The Balaban J connectivity index is 0.00000364. The first-order chi connectivity index (χ1) is 12.7. The van der Waals surface area contributed by atoms with Crippen LogP contribution in [0.25, 0.3) is 0 Å². The molecule has 7 heteroatoms. The number of nitrogens with zero attached hydrogens (tertiary/aromatic N) is 3. The number of hydrogen-bond acceptors (Lipinski definition) is 4. The molecule has 1 saturated carbocycles. The van der Waals surface area contributed by atoms with Crippen LogP contribution >= 0.6 is 24.0 Å². The van der Waals surface area contributed by atoms with E-state index >= 15 is 0 Å². The minimum absolute atomic E-state index is 0. The van der Waals surface area contributed by atoms with Crippen LogP contribution in [0.4, 0.5) is 0 Å². The van der Waals surface area contributed by atoms with Crippen LogP contribution in [0.3, 0.4) is 0 Å². The number of halogens is 1. The fourth-order valence-electron chi connectivity index (χ4n) is 3.68. The van der Waals surface area contributed by atoms with Gasteiger partial charge in [0.15, 0.2) is 11.7 Å². The van der Waals surface area contributed by atoms with Crippen molar-refractivity contribution in [3.63, 3.8) is 0 Å². The molecule has 0 saturated heterocycles. The third-order valence-electron chi connectivity index (χ3n) is 5.42. The molecule has 0 bridgehead atoms. The Labute approximate surface area is 181 Å². The van der Waals surface area contributed by atoms with E-state index in [0.29, 0.717) is 12.5 Å². The zero-order valence-corrected chi connectivity index (χ0v) is 19.8. The molecule has 2 rings (SSSR count). The third kappa shape index (κ3) is 7.97. The van der Waals surface area contributed by atoms with Crippen LogP contribution in [0.2, 0.25) is 0 Å². The zero-order chi connectivity index (χ0) is 18.8. The molecule has 1 fully saturated rings. The fraction of sp³-hybridized carbons (Fsp3) is 0.800. The lowest BCUT2D eigenvalue weighted by atomic mass is 9.99. The summed E-state index contributed by atoms with van der Waals surface area (Å²) < 4.78 is 5.47. The van der Waals surface area contributed by atoms with Gasteiger partial charge in [-0.3, -0.25) is 0 Å². The molecular weight excluding hydrogens is 453 g/mol. The number of aromatic nitrogens is 1. The molecule has 0 amide bonds. The topological polar surface area (TPSA) is 65.7 Å². The third-order valence-corrected chi connectivity index (χ3v) is 5.42. The summed E-state index contributed by atoms with van der Waals surface area (Å²) in [5.41, 5.74) is 1.05. The lowest BCUT2D eigenvalue weighted by molar-refractivity contribution is 0.249. The number of guanidine groups is 1. The molecule has 0 atom stereocenters. The smallest absolute Gasteiger partial charge is 0.191 e. The second-order valence-corrected chi connectivity index (χ2v) is 7.27. The summed E-state index contributed by atoms with van der Waals surface area (Å²) in [7, 11) is 2.23. The number of hydrogen-bond donors (Lipinski definition) is 2. The molecular formula is C20H38IN5O. The van der Waals surface area contributed by atoms with Crippen molar-refractivity contribution < 1.29 is 4.52 Å². The van der Waals surface area contributed by atoms with E-state index in [1.807, 2.05) is 0 Å². The maximum Gasteiger partial charge on any atom is 0.191 e. The molecule has 0 unspecified atom stereocenters. The number of aliphatic imine (C=N–C) groups is 1. The lowest BCUT2D eigenvalue weighted by Gasteiger charge is -2.24. The number of nitrogens with one attached hydrogen (secondary N) is 2. The fourth-order valence-corrected chi connectivity index (χ4v) is 3.68. The van der Waals surface area contributed by atoms with Crippen molar-refractivity contribution in [3.8, 4) is 0 Å². The van der Waals surface area contributed by atoms with Crippen LogP contribution in [0.1, 0.15) is 76.7 Å². The van der Waals surface area contributed by atoms with Crippen molar-refractivity contribution in [1.82, 2.24) is 20.7 Å². The Morgan fingerprint density at radius 2 is 1.96 bits per heavy atom. The predicted octanol–water partition coefficient (Wildman–Crippen LogP) is 4.13. The Kier molecular flexibility index (Phi) is 12.0. The Morgan fingerprint density at radius 1 is 1.26 bits per heavy atom. The van der Waals surface area contributed by atoms with Crippen molar-refractivity contribution >= 4 is 29.9 Å². The molecule has 0 radical (unpaired) electrons. The summed E-state index contributed by atoms with van der Waals surface area (Å²) in [6.07, 6.45) is 7.62. The Morgan fingerprint density at radius 3 is 2.59 bits per heavy atom. The molecule has 1 aromatic rings. The van der Waals surface area contributed by atoms with Crippen molar-refractivity contribution in [2.24, 2.45) is 4.99 Å². The van der Waals surface area contributed by atoms with E-state index in [0.717, 1.165) is 55.9 Å². The van der Waals surface area contributed by atoms with Gasteiger partial charge in [0.25, 0.3) is 0 Å². The SMILES string of the molecule is CCNC(=NCc1cc(C(CC)CC)no1)NCCN(C)C1CCCC1.I. The summed E-state index contributed by atoms with van der Waals surface area (Å²) in [6, 6.07) is 2.81. The van der Waals surface area contributed by atoms with E-state index < -0.39 is 0 Å². The van der Waals surface area contributed by atoms with Gasteiger partial charge in [0.2, 0.25) is 0 Å². The van der Waals surface area contributed by atoms with E-state index in [1.165, 1.54) is 25.7 Å². The highest BCUT2D eigenvalue weighted by Crippen LogP contribution is 2.23. The summed E-state index contributed by atoms with van der Waals surface area (Å²) >= 11 is 0. The quantitative estimate of drug-likeness (QED) is 0.293. The molecule has 156 valence electrons. The summed E-state index contributed by atoms with van der Waals surface area (Å²) in [4.78, 5) is 7.12. The molecule has 6 nitrogen and oxygen atoms in total. The van der Waals surface area contributed by atoms with E-state index in [-0.39, 0.29) is 24.0 Å². The first-order valence-electron chi connectivity index (χ1n) is 10.4. The highest BCUT2D eigenvalue weighted by atomic mass is 127. The highest BCUT2D eigenvalue weighted by Gasteiger charge is 2.19. The average molecular weight is 491 g/mol. The predicted molar refractivity (Wildman–Crippen MR) is 123 cm³/mol. The number of likely N-dealkylation sites (N-methyl/N-ethyl adjacent to an activating group) is 1. The molecule has 0 aromatic carbocycles. The second kappa shape index (κ2) is 13.4. The van der Waals surface area contributed by atoms with Crippen LogP contribution in [0, 0.1) is 0 Å². The minimum atomic E-state index is 0. The molecule has 0 spiro atoms. The largest absolute Gasteiger partial charge is 0.359 e. The first kappa shape index (κ1) is 24.2. The van der Waals surface area contributed by atoms with Crippen molar-refractivity contribution in [3.05, 3.63) is 17.5 Å². The van der Waals surface area contributed by atoms with Gasteiger partial charge < -0.3 is 20.1 Å². The summed E-state index contributed by atoms with van der Waals surface area (Å²) in [6.45, 7) is 9.76. The van der Waals surface area contributed by atoms with Gasteiger partial charge in [-0.05, 0) is 39.7 Å². The normalized spacial score (nSPS) is 15.4. The minimum Gasteiger partial charge on any atom is -0.359 e. The maximum absolute atomic E-state index is 5.47. The van der Waals surface area contributed by atoms with Gasteiger partial charge in [0.1, 0.15) is 6.54 Å². The molecule has 0 aliphatic heterocycles. The van der Waals surface area contributed by atoms with Crippen LogP contribution in [0.5, 0.6) is 0 Å². The van der Waals surface area contributed by atoms with Gasteiger partial charge in [-0.25, -0.2) is 4.99 Å². The van der Waals surface area contributed by atoms with Gasteiger partial charge in [-0.15, -0.1) is 24.0 Å². The van der Waals surface area contributed by atoms with Crippen LogP contribution < -0.4 is 10.6 Å². The van der Waals surface area contributed by atoms with Crippen LogP contribution in [-0.4, -0.2) is 48.7 Å².